The summed E-state index contributed by atoms with van der Waals surface area (Å²) < 4.78 is 0. The Kier molecular flexibility index (Phi) is 2.61. The van der Waals surface area contributed by atoms with E-state index in [4.69, 9.17) is 5.11 Å². The Labute approximate surface area is 82.1 Å². The van der Waals surface area contributed by atoms with E-state index >= 15 is 0 Å². The van der Waals surface area contributed by atoms with Crippen LogP contribution in [-0.4, -0.2) is 21.2 Å². The molecule has 0 aromatic heterocycles. The van der Waals surface area contributed by atoms with Gasteiger partial charge in [0.25, 0.3) is 5.69 Å². The summed E-state index contributed by atoms with van der Waals surface area (Å²) in [6, 6.07) is 1.14. The zero-order valence-electron chi connectivity index (χ0n) is 7.04. The second-order valence-corrected chi connectivity index (χ2v) is 2.47. The van der Waals surface area contributed by atoms with E-state index in [1.54, 1.807) is 0 Å². The predicted octanol–water partition coefficient (Wildman–Crippen LogP) is 0.666. The van der Waals surface area contributed by atoms with Gasteiger partial charge in [-0.25, -0.2) is 0 Å². The number of nitrogens with zero attached hydrogens (tertiary/aromatic N) is 2. The Morgan fingerprint density at radius 1 is 1.13 bits per heavy atom. The average molecular weight is 211 g/mol. The first-order chi connectivity index (χ1) is 6.97. The number of aromatic hydroxyl groups is 1. The Morgan fingerprint density at radius 3 is 2.07 bits per heavy atom. The fraction of sp³-hybridized carbons (Fsp3) is 0. The Hall–Kier alpha value is -2.51. The summed E-state index contributed by atoms with van der Waals surface area (Å²) in [7, 11) is 0. The standard InChI is InChI=1S/C7H3N2O6/c10-3-4-1-7(11)6(9(14)15)2-5(4)8(12)13/h1-2,11H. The smallest absolute Gasteiger partial charge is 0.317 e. The third-order valence-corrected chi connectivity index (χ3v) is 1.60. The SMILES string of the molecule is O=[C]c1cc(O)c([N+](=O)[O-])cc1[N+](=O)[O-]. The van der Waals surface area contributed by atoms with Gasteiger partial charge in [0.15, 0.2) is 5.75 Å². The zero-order valence-corrected chi connectivity index (χ0v) is 7.04. The van der Waals surface area contributed by atoms with Crippen molar-refractivity contribution in [2.45, 2.75) is 0 Å². The first-order valence-corrected chi connectivity index (χ1v) is 3.51. The van der Waals surface area contributed by atoms with Gasteiger partial charge in [0.1, 0.15) is 5.56 Å². The van der Waals surface area contributed by atoms with Gasteiger partial charge in [-0.15, -0.1) is 0 Å². The summed E-state index contributed by atoms with van der Waals surface area (Å²) in [5.74, 6) is -0.816. The Bertz CT molecular complexity index is 455. The largest absolute Gasteiger partial charge is 0.502 e. The Morgan fingerprint density at radius 2 is 1.67 bits per heavy atom. The van der Waals surface area contributed by atoms with Crippen LogP contribution in [0.25, 0.3) is 0 Å². The van der Waals surface area contributed by atoms with Gasteiger partial charge < -0.3 is 5.11 Å². The van der Waals surface area contributed by atoms with Crippen molar-refractivity contribution in [3.8, 4) is 5.75 Å². The minimum absolute atomic E-state index is 0.509. The van der Waals surface area contributed by atoms with Gasteiger partial charge in [0, 0.05) is 6.07 Å². The van der Waals surface area contributed by atoms with Crippen LogP contribution < -0.4 is 0 Å². The molecule has 1 aromatic rings. The summed E-state index contributed by atoms with van der Waals surface area (Å²) in [5, 5.41) is 29.8. The fourth-order valence-electron chi connectivity index (χ4n) is 0.945. The molecule has 77 valence electrons. The molecule has 0 aliphatic carbocycles. The summed E-state index contributed by atoms with van der Waals surface area (Å²) in [4.78, 5) is 29.0. The molecule has 0 aliphatic heterocycles. The molecular formula is C7H3N2O6. The highest BCUT2D eigenvalue weighted by Gasteiger charge is 2.24. The third-order valence-electron chi connectivity index (χ3n) is 1.60. The van der Waals surface area contributed by atoms with Crippen LogP contribution in [0.4, 0.5) is 11.4 Å². The van der Waals surface area contributed by atoms with Crippen molar-refractivity contribution in [2.24, 2.45) is 0 Å². The molecule has 8 nitrogen and oxygen atoms in total. The maximum Gasteiger partial charge on any atom is 0.317 e. The molecule has 0 amide bonds. The fourth-order valence-corrected chi connectivity index (χ4v) is 0.945. The number of hydrogen-bond donors (Lipinski definition) is 1. The van der Waals surface area contributed by atoms with Crippen LogP contribution in [0.2, 0.25) is 0 Å². The minimum atomic E-state index is -0.989. The van der Waals surface area contributed by atoms with Crippen molar-refractivity contribution in [3.05, 3.63) is 37.9 Å². The lowest BCUT2D eigenvalue weighted by atomic mass is 10.1. The molecule has 0 spiro atoms. The van der Waals surface area contributed by atoms with Crippen molar-refractivity contribution in [2.75, 3.05) is 0 Å². The first-order valence-electron chi connectivity index (χ1n) is 3.51. The van der Waals surface area contributed by atoms with E-state index in [1.165, 1.54) is 6.29 Å². The molecular weight excluding hydrogens is 208 g/mol. The summed E-state index contributed by atoms with van der Waals surface area (Å²) >= 11 is 0. The van der Waals surface area contributed by atoms with Crippen molar-refractivity contribution >= 4 is 17.7 Å². The summed E-state index contributed by atoms with van der Waals surface area (Å²) in [6.45, 7) is 0. The number of nitro benzene ring substituents is 2. The van der Waals surface area contributed by atoms with Gasteiger partial charge in [-0.2, -0.15) is 0 Å². The Balaban J connectivity index is 3.50. The van der Waals surface area contributed by atoms with E-state index in [0.29, 0.717) is 12.1 Å². The molecule has 0 saturated heterocycles. The highest BCUT2D eigenvalue weighted by Crippen LogP contribution is 2.32. The van der Waals surface area contributed by atoms with Gasteiger partial charge in [-0.05, 0) is 0 Å². The summed E-state index contributed by atoms with van der Waals surface area (Å²) in [6.07, 6.45) is 1.21. The number of benzene rings is 1. The van der Waals surface area contributed by atoms with Crippen LogP contribution in [0.1, 0.15) is 5.56 Å². The van der Waals surface area contributed by atoms with E-state index in [9.17, 15) is 25.0 Å². The molecule has 1 aromatic carbocycles. The van der Waals surface area contributed by atoms with E-state index in [0.717, 1.165) is 0 Å². The number of nitro groups is 2. The quantitative estimate of drug-likeness (QED) is 0.578. The van der Waals surface area contributed by atoms with Crippen LogP contribution >= 0.6 is 0 Å². The normalized spacial score (nSPS) is 9.60. The molecule has 1 N–H and O–H groups in total. The zero-order chi connectivity index (χ0) is 11.6. The monoisotopic (exact) mass is 211 g/mol. The maximum atomic E-state index is 10.4. The lowest BCUT2D eigenvalue weighted by molar-refractivity contribution is -0.394. The molecule has 8 heteroatoms. The predicted molar refractivity (Wildman–Crippen MR) is 46.2 cm³/mol. The van der Waals surface area contributed by atoms with E-state index in [-0.39, 0.29) is 0 Å². The molecule has 0 heterocycles. The van der Waals surface area contributed by atoms with Crippen LogP contribution in [0.5, 0.6) is 5.75 Å². The highest BCUT2D eigenvalue weighted by atomic mass is 16.6. The van der Waals surface area contributed by atoms with Crippen molar-refractivity contribution in [1.29, 1.82) is 0 Å². The second kappa shape index (κ2) is 3.70. The van der Waals surface area contributed by atoms with Gasteiger partial charge in [0.05, 0.1) is 15.9 Å². The number of carbonyl (C=O) groups excluding carboxylic acids is 1. The lowest BCUT2D eigenvalue weighted by Crippen LogP contribution is -1.97. The highest BCUT2D eigenvalue weighted by molar-refractivity contribution is 5.84. The lowest BCUT2D eigenvalue weighted by Gasteiger charge is -1.97. The average Bonchev–Trinajstić information content (AvgIpc) is 2.16. The topological polar surface area (TPSA) is 124 Å². The van der Waals surface area contributed by atoms with Crippen molar-refractivity contribution < 1.29 is 19.7 Å². The van der Waals surface area contributed by atoms with Gasteiger partial charge in [0.2, 0.25) is 6.29 Å². The summed E-state index contributed by atoms with van der Waals surface area (Å²) in [5.41, 5.74) is -2.14. The van der Waals surface area contributed by atoms with Crippen molar-refractivity contribution in [3.63, 3.8) is 0 Å². The van der Waals surface area contributed by atoms with Crippen LogP contribution in [0.3, 0.4) is 0 Å². The molecule has 1 radical (unpaired) electrons. The number of hydrogen-bond acceptors (Lipinski definition) is 6. The first kappa shape index (κ1) is 10.6. The molecule has 0 unspecified atom stereocenters. The molecule has 1 rings (SSSR count). The molecule has 0 bridgehead atoms. The van der Waals surface area contributed by atoms with Gasteiger partial charge in [-0.3, -0.25) is 25.0 Å². The molecule has 0 saturated carbocycles. The third kappa shape index (κ3) is 1.88. The van der Waals surface area contributed by atoms with Gasteiger partial charge >= 0.3 is 5.69 Å². The maximum absolute atomic E-state index is 10.4. The minimum Gasteiger partial charge on any atom is -0.502 e. The van der Waals surface area contributed by atoms with Gasteiger partial charge in [-0.1, -0.05) is 0 Å². The van der Waals surface area contributed by atoms with E-state index in [2.05, 4.69) is 0 Å². The molecule has 0 atom stereocenters. The van der Waals surface area contributed by atoms with Crippen LogP contribution in [0.15, 0.2) is 12.1 Å². The van der Waals surface area contributed by atoms with E-state index < -0.39 is 32.5 Å². The number of phenolic OH excluding ortho intramolecular Hbond substituents is 1. The number of phenols is 1. The van der Waals surface area contributed by atoms with Crippen molar-refractivity contribution in [1.82, 2.24) is 0 Å². The second-order valence-electron chi connectivity index (χ2n) is 2.47. The van der Waals surface area contributed by atoms with Crippen LogP contribution in [-0.2, 0) is 4.79 Å². The van der Waals surface area contributed by atoms with E-state index in [1.807, 2.05) is 0 Å². The molecule has 0 aliphatic rings. The number of rotatable bonds is 3. The molecule has 0 fully saturated rings. The molecule has 15 heavy (non-hydrogen) atoms. The van der Waals surface area contributed by atoms with Crippen LogP contribution in [0, 0.1) is 20.2 Å².